The number of hydrogen-bond donors (Lipinski definition) is 2. The van der Waals surface area contributed by atoms with Crippen LogP contribution in [0.5, 0.6) is 0 Å². The van der Waals surface area contributed by atoms with Crippen LogP contribution < -0.4 is 10.0 Å². The Kier molecular flexibility index (Phi) is 5.35. The van der Waals surface area contributed by atoms with Gasteiger partial charge in [-0.25, -0.2) is 8.78 Å². The summed E-state index contributed by atoms with van der Waals surface area (Å²) in [7, 11) is -4.19. The molecule has 0 radical (unpaired) electrons. The lowest BCUT2D eigenvalue weighted by Crippen LogP contribution is -2.13. The number of sulfonamides is 1. The highest BCUT2D eigenvalue weighted by Gasteiger charge is 2.22. The van der Waals surface area contributed by atoms with Crippen LogP contribution in [0.25, 0.3) is 0 Å². The summed E-state index contributed by atoms with van der Waals surface area (Å²) < 4.78 is 52.2. The minimum absolute atomic E-state index is 0.0550. The van der Waals surface area contributed by atoms with Crippen LogP contribution in [0.4, 0.5) is 19.6 Å². The van der Waals surface area contributed by atoms with Crippen molar-refractivity contribution in [3.8, 4) is 0 Å². The highest BCUT2D eigenvalue weighted by Crippen LogP contribution is 2.24. The van der Waals surface area contributed by atoms with Gasteiger partial charge in [-0.1, -0.05) is 22.9 Å². The summed E-state index contributed by atoms with van der Waals surface area (Å²) in [5.74, 6) is -2.84. The van der Waals surface area contributed by atoms with Gasteiger partial charge in [0.15, 0.2) is 11.6 Å². The summed E-state index contributed by atoms with van der Waals surface area (Å²) in [5, 5.41) is 9.91. The van der Waals surface area contributed by atoms with Gasteiger partial charge in [0.2, 0.25) is 5.13 Å². The van der Waals surface area contributed by atoms with Crippen molar-refractivity contribution in [3.05, 3.63) is 64.7 Å². The average Bonchev–Trinajstić information content (AvgIpc) is 3.08. The Morgan fingerprint density at radius 1 is 1.04 bits per heavy atom. The number of halogens is 3. The van der Waals surface area contributed by atoms with Crippen molar-refractivity contribution < 1.29 is 22.0 Å². The van der Waals surface area contributed by atoms with Gasteiger partial charge in [0, 0.05) is 16.7 Å². The van der Waals surface area contributed by atoms with Crippen LogP contribution in [-0.4, -0.2) is 24.5 Å². The van der Waals surface area contributed by atoms with E-state index in [0.29, 0.717) is 28.0 Å². The molecular weight excluding hydrogens is 422 g/mol. The Labute approximate surface area is 161 Å². The van der Waals surface area contributed by atoms with E-state index in [0.717, 1.165) is 12.1 Å². The molecule has 0 atom stereocenters. The second kappa shape index (κ2) is 7.55. The summed E-state index contributed by atoms with van der Waals surface area (Å²) in [6.07, 6.45) is 0. The first-order valence-corrected chi connectivity index (χ1v) is 9.81. The first-order valence-electron chi connectivity index (χ1n) is 7.13. The van der Waals surface area contributed by atoms with Crippen molar-refractivity contribution in [2.45, 2.75) is 4.34 Å². The number of aromatic nitrogens is 2. The standard InChI is InChI=1S/C15H9ClF2N4O3S2/c16-9-3-1-8(2-4-9)13(23)19-14-20-21-15(26-14)27(24,25)22-10-5-6-11(17)12(18)7-10/h1-7,22H,(H,19,20,23). The topological polar surface area (TPSA) is 101 Å². The van der Waals surface area contributed by atoms with Crippen LogP contribution >= 0.6 is 22.9 Å². The normalized spacial score (nSPS) is 11.2. The lowest BCUT2D eigenvalue weighted by atomic mass is 10.2. The number of rotatable bonds is 5. The van der Waals surface area contributed by atoms with Gasteiger partial charge in [-0.05, 0) is 36.4 Å². The van der Waals surface area contributed by atoms with Gasteiger partial charge in [0.1, 0.15) is 0 Å². The average molecular weight is 431 g/mol. The molecule has 2 aromatic carbocycles. The first-order chi connectivity index (χ1) is 12.7. The van der Waals surface area contributed by atoms with Gasteiger partial charge in [-0.15, -0.1) is 10.2 Å². The highest BCUT2D eigenvalue weighted by molar-refractivity contribution is 7.94. The zero-order valence-electron chi connectivity index (χ0n) is 13.1. The quantitative estimate of drug-likeness (QED) is 0.603. The molecule has 7 nitrogen and oxygen atoms in total. The Bertz CT molecular complexity index is 1100. The molecule has 3 aromatic rings. The van der Waals surface area contributed by atoms with Crippen molar-refractivity contribution in [2.75, 3.05) is 10.0 Å². The van der Waals surface area contributed by atoms with Crippen LogP contribution in [0.15, 0.2) is 46.8 Å². The fourth-order valence-electron chi connectivity index (χ4n) is 1.90. The van der Waals surface area contributed by atoms with E-state index in [1.54, 1.807) is 0 Å². The number of amides is 1. The molecule has 1 amide bonds. The largest absolute Gasteiger partial charge is 0.296 e. The van der Waals surface area contributed by atoms with E-state index in [-0.39, 0.29) is 10.8 Å². The van der Waals surface area contributed by atoms with Gasteiger partial charge < -0.3 is 0 Å². The predicted molar refractivity (Wildman–Crippen MR) is 96.5 cm³/mol. The number of nitrogens with zero attached hydrogens (tertiary/aromatic N) is 2. The Hall–Kier alpha value is -2.63. The van der Waals surface area contributed by atoms with Gasteiger partial charge in [-0.2, -0.15) is 8.42 Å². The van der Waals surface area contributed by atoms with Gasteiger partial charge >= 0.3 is 0 Å². The molecule has 2 N–H and O–H groups in total. The molecule has 0 fully saturated rings. The van der Waals surface area contributed by atoms with E-state index in [1.165, 1.54) is 24.3 Å². The van der Waals surface area contributed by atoms with Crippen LogP contribution in [0.1, 0.15) is 10.4 Å². The number of nitrogens with one attached hydrogen (secondary N) is 2. The Morgan fingerprint density at radius 3 is 2.41 bits per heavy atom. The molecule has 27 heavy (non-hydrogen) atoms. The van der Waals surface area contributed by atoms with E-state index in [2.05, 4.69) is 20.2 Å². The van der Waals surface area contributed by atoms with E-state index >= 15 is 0 Å². The molecule has 0 aliphatic heterocycles. The van der Waals surface area contributed by atoms with E-state index in [1.807, 2.05) is 0 Å². The third-order valence-corrected chi connectivity index (χ3v) is 5.97. The molecule has 0 unspecified atom stereocenters. The Balaban J connectivity index is 1.74. The fraction of sp³-hybridized carbons (Fsp3) is 0. The number of carbonyl (C=O) groups is 1. The molecule has 0 saturated heterocycles. The maximum Gasteiger partial charge on any atom is 0.291 e. The van der Waals surface area contributed by atoms with Gasteiger partial charge in [0.25, 0.3) is 20.3 Å². The predicted octanol–water partition coefficient (Wildman–Crippen LogP) is 3.52. The maximum absolute atomic E-state index is 13.2. The molecule has 1 heterocycles. The SMILES string of the molecule is O=C(Nc1nnc(S(=O)(=O)Nc2ccc(F)c(F)c2)s1)c1ccc(Cl)cc1. The van der Waals surface area contributed by atoms with Crippen molar-refractivity contribution >= 4 is 49.7 Å². The van der Waals surface area contributed by atoms with Crippen LogP contribution in [0.3, 0.4) is 0 Å². The minimum Gasteiger partial charge on any atom is -0.296 e. The summed E-state index contributed by atoms with van der Waals surface area (Å²) in [6, 6.07) is 8.56. The zero-order chi connectivity index (χ0) is 19.6. The summed E-state index contributed by atoms with van der Waals surface area (Å²) in [5.41, 5.74) is 0.106. The molecular formula is C15H9ClF2N4O3S2. The molecule has 0 spiro atoms. The maximum atomic E-state index is 13.2. The lowest BCUT2D eigenvalue weighted by molar-refractivity contribution is 0.102. The summed E-state index contributed by atoms with van der Waals surface area (Å²) in [4.78, 5) is 12.1. The molecule has 1 aromatic heterocycles. The molecule has 140 valence electrons. The van der Waals surface area contributed by atoms with Crippen molar-refractivity contribution in [3.63, 3.8) is 0 Å². The van der Waals surface area contributed by atoms with Crippen LogP contribution in [-0.2, 0) is 10.0 Å². The van der Waals surface area contributed by atoms with Crippen molar-refractivity contribution in [1.29, 1.82) is 0 Å². The monoisotopic (exact) mass is 430 g/mol. The van der Waals surface area contributed by atoms with E-state index in [4.69, 9.17) is 11.6 Å². The van der Waals surface area contributed by atoms with Crippen molar-refractivity contribution in [1.82, 2.24) is 10.2 Å². The zero-order valence-corrected chi connectivity index (χ0v) is 15.5. The highest BCUT2D eigenvalue weighted by atomic mass is 35.5. The van der Waals surface area contributed by atoms with E-state index in [9.17, 15) is 22.0 Å². The minimum atomic E-state index is -4.19. The van der Waals surface area contributed by atoms with E-state index < -0.39 is 31.9 Å². The molecule has 0 aliphatic rings. The summed E-state index contributed by atoms with van der Waals surface area (Å²) in [6.45, 7) is 0. The van der Waals surface area contributed by atoms with Crippen LogP contribution in [0.2, 0.25) is 5.02 Å². The first kappa shape index (κ1) is 19.1. The molecule has 0 bridgehead atoms. The molecule has 12 heteroatoms. The van der Waals surface area contributed by atoms with Gasteiger partial charge in [0.05, 0.1) is 5.69 Å². The van der Waals surface area contributed by atoms with Gasteiger partial charge in [-0.3, -0.25) is 14.8 Å². The number of benzene rings is 2. The number of carbonyl (C=O) groups excluding carboxylic acids is 1. The molecule has 3 rings (SSSR count). The smallest absolute Gasteiger partial charge is 0.291 e. The van der Waals surface area contributed by atoms with Crippen molar-refractivity contribution in [2.24, 2.45) is 0 Å². The third kappa shape index (κ3) is 4.56. The third-order valence-electron chi connectivity index (χ3n) is 3.14. The Morgan fingerprint density at radius 2 is 1.74 bits per heavy atom. The molecule has 0 aliphatic carbocycles. The lowest BCUT2D eigenvalue weighted by Gasteiger charge is -2.05. The number of hydrogen-bond acceptors (Lipinski definition) is 6. The molecule has 0 saturated carbocycles. The van der Waals surface area contributed by atoms with Crippen LogP contribution in [0, 0.1) is 11.6 Å². The second-order valence-corrected chi connectivity index (χ2v) is 8.34. The second-order valence-electron chi connectivity index (χ2n) is 5.07. The number of anilines is 2. The fourth-order valence-corrected chi connectivity index (χ4v) is 3.97. The summed E-state index contributed by atoms with van der Waals surface area (Å²) >= 11 is 6.34.